The summed E-state index contributed by atoms with van der Waals surface area (Å²) in [6.07, 6.45) is 6.16. The summed E-state index contributed by atoms with van der Waals surface area (Å²) in [6.45, 7) is 1.71. The number of nitrogens with two attached hydrogens (primary N) is 1. The van der Waals surface area contributed by atoms with Gasteiger partial charge in [0.25, 0.3) is 0 Å². The number of hydrogen-bond donors (Lipinski definition) is 1. The van der Waals surface area contributed by atoms with Gasteiger partial charge in [-0.2, -0.15) is 0 Å². The minimum absolute atomic E-state index is 0.496. The molecular formula is C14H19NO. The van der Waals surface area contributed by atoms with E-state index >= 15 is 0 Å². The molecule has 2 aliphatic rings. The molecule has 2 N–H and O–H groups in total. The molecule has 1 aromatic rings. The molecule has 1 heterocycles. The molecule has 1 saturated carbocycles. The van der Waals surface area contributed by atoms with Gasteiger partial charge in [-0.3, -0.25) is 0 Å². The van der Waals surface area contributed by atoms with Crippen LogP contribution in [0.5, 0.6) is 5.75 Å². The van der Waals surface area contributed by atoms with Crippen LogP contribution in [0.15, 0.2) is 18.2 Å². The fourth-order valence-electron chi connectivity index (χ4n) is 2.54. The highest BCUT2D eigenvalue weighted by atomic mass is 16.5. The van der Waals surface area contributed by atoms with E-state index in [9.17, 15) is 0 Å². The fourth-order valence-corrected chi connectivity index (χ4v) is 2.54. The molecule has 0 saturated heterocycles. The third kappa shape index (κ3) is 1.82. The second kappa shape index (κ2) is 3.77. The van der Waals surface area contributed by atoms with Gasteiger partial charge in [-0.05, 0) is 54.8 Å². The summed E-state index contributed by atoms with van der Waals surface area (Å²) >= 11 is 0. The Balaban J connectivity index is 1.66. The van der Waals surface area contributed by atoms with E-state index in [1.807, 2.05) is 0 Å². The van der Waals surface area contributed by atoms with Gasteiger partial charge in [0, 0.05) is 6.42 Å². The molecule has 2 nitrogen and oxygen atoms in total. The predicted octanol–water partition coefficient (Wildman–Crippen LogP) is 2.29. The van der Waals surface area contributed by atoms with E-state index in [0.717, 1.165) is 25.3 Å². The molecule has 1 aliphatic heterocycles. The van der Waals surface area contributed by atoms with E-state index in [1.165, 1.54) is 36.8 Å². The molecule has 16 heavy (non-hydrogen) atoms. The summed E-state index contributed by atoms with van der Waals surface area (Å²) < 4.78 is 5.51. The molecule has 0 radical (unpaired) electrons. The van der Waals surface area contributed by atoms with Crippen molar-refractivity contribution < 1.29 is 4.74 Å². The maximum atomic E-state index is 5.80. The van der Waals surface area contributed by atoms with Gasteiger partial charge < -0.3 is 10.5 Å². The molecule has 0 spiro atoms. The number of aryl methyl sites for hydroxylation is 1. The Hall–Kier alpha value is -1.02. The summed E-state index contributed by atoms with van der Waals surface area (Å²) in [7, 11) is 0. The highest BCUT2D eigenvalue weighted by Gasteiger charge is 2.40. The monoisotopic (exact) mass is 217 g/mol. The lowest BCUT2D eigenvalue weighted by atomic mass is 9.96. The van der Waals surface area contributed by atoms with Gasteiger partial charge in [0.05, 0.1) is 6.61 Å². The molecule has 2 heteroatoms. The molecule has 1 aliphatic carbocycles. The zero-order valence-corrected chi connectivity index (χ0v) is 9.67. The van der Waals surface area contributed by atoms with E-state index in [1.54, 1.807) is 0 Å². The van der Waals surface area contributed by atoms with Crippen molar-refractivity contribution >= 4 is 0 Å². The van der Waals surface area contributed by atoms with Crippen LogP contribution in [0.3, 0.4) is 0 Å². The number of fused-ring (bicyclic) bond motifs is 1. The molecule has 0 aromatic heterocycles. The van der Waals surface area contributed by atoms with Crippen molar-refractivity contribution in [3.63, 3.8) is 0 Å². The quantitative estimate of drug-likeness (QED) is 0.840. The topological polar surface area (TPSA) is 35.2 Å². The Morgan fingerprint density at radius 1 is 1.31 bits per heavy atom. The zero-order chi connectivity index (χ0) is 11.0. The van der Waals surface area contributed by atoms with Gasteiger partial charge in [0.2, 0.25) is 0 Å². The van der Waals surface area contributed by atoms with E-state index in [2.05, 4.69) is 18.2 Å². The fraction of sp³-hybridized carbons (Fsp3) is 0.571. The summed E-state index contributed by atoms with van der Waals surface area (Å²) in [6, 6.07) is 6.64. The Kier molecular flexibility index (Phi) is 2.40. The molecule has 0 unspecified atom stereocenters. The molecule has 86 valence electrons. The van der Waals surface area contributed by atoms with Crippen molar-refractivity contribution in [2.75, 3.05) is 13.2 Å². The Labute approximate surface area is 96.8 Å². The Morgan fingerprint density at radius 3 is 2.94 bits per heavy atom. The van der Waals surface area contributed by atoms with Gasteiger partial charge in [0.15, 0.2) is 0 Å². The molecule has 3 rings (SSSR count). The van der Waals surface area contributed by atoms with Gasteiger partial charge in [-0.1, -0.05) is 12.1 Å². The molecular weight excluding hydrogens is 198 g/mol. The van der Waals surface area contributed by atoms with Crippen LogP contribution in [0.4, 0.5) is 0 Å². The SMILES string of the molecule is NCC1(CCc2ccc3c(c2)CCO3)CC1. The van der Waals surface area contributed by atoms with Crippen LogP contribution in [-0.2, 0) is 12.8 Å². The number of benzene rings is 1. The van der Waals surface area contributed by atoms with E-state index < -0.39 is 0 Å². The van der Waals surface area contributed by atoms with Crippen LogP contribution < -0.4 is 10.5 Å². The lowest BCUT2D eigenvalue weighted by Crippen LogP contribution is -2.16. The molecule has 0 bridgehead atoms. The van der Waals surface area contributed by atoms with Crippen molar-refractivity contribution in [2.24, 2.45) is 11.1 Å². The lowest BCUT2D eigenvalue weighted by molar-refractivity contribution is 0.357. The van der Waals surface area contributed by atoms with Crippen molar-refractivity contribution in [2.45, 2.75) is 32.1 Å². The lowest BCUT2D eigenvalue weighted by Gasteiger charge is -2.12. The highest BCUT2D eigenvalue weighted by molar-refractivity contribution is 5.39. The standard InChI is InChI=1S/C14H19NO/c15-10-14(6-7-14)5-3-11-1-2-13-12(9-11)4-8-16-13/h1-2,9H,3-8,10,15H2. The maximum Gasteiger partial charge on any atom is 0.122 e. The third-order valence-corrected chi connectivity index (χ3v) is 4.09. The van der Waals surface area contributed by atoms with Crippen LogP contribution in [0.25, 0.3) is 0 Å². The third-order valence-electron chi connectivity index (χ3n) is 4.09. The molecule has 0 amide bonds. The predicted molar refractivity (Wildman–Crippen MR) is 64.7 cm³/mol. The first-order valence-corrected chi connectivity index (χ1v) is 6.26. The summed E-state index contributed by atoms with van der Waals surface area (Å²) in [4.78, 5) is 0. The van der Waals surface area contributed by atoms with Crippen molar-refractivity contribution in [1.82, 2.24) is 0 Å². The van der Waals surface area contributed by atoms with E-state index in [0.29, 0.717) is 5.41 Å². The first-order valence-electron chi connectivity index (χ1n) is 6.26. The normalized spacial score (nSPS) is 20.3. The molecule has 1 fully saturated rings. The first kappa shape index (κ1) is 10.2. The van der Waals surface area contributed by atoms with Crippen molar-refractivity contribution in [3.05, 3.63) is 29.3 Å². The number of rotatable bonds is 4. The number of hydrogen-bond acceptors (Lipinski definition) is 2. The average molecular weight is 217 g/mol. The average Bonchev–Trinajstić information content (AvgIpc) is 2.96. The van der Waals surface area contributed by atoms with Gasteiger partial charge in [0.1, 0.15) is 5.75 Å². The minimum atomic E-state index is 0.496. The Morgan fingerprint density at radius 2 is 2.19 bits per heavy atom. The van der Waals surface area contributed by atoms with Gasteiger partial charge >= 0.3 is 0 Å². The summed E-state index contributed by atoms with van der Waals surface area (Å²) in [5.74, 6) is 1.09. The van der Waals surface area contributed by atoms with Crippen LogP contribution in [0.2, 0.25) is 0 Å². The first-order chi connectivity index (χ1) is 7.81. The summed E-state index contributed by atoms with van der Waals surface area (Å²) in [5, 5.41) is 0. The zero-order valence-electron chi connectivity index (χ0n) is 9.67. The minimum Gasteiger partial charge on any atom is -0.493 e. The smallest absolute Gasteiger partial charge is 0.122 e. The molecule has 1 aromatic carbocycles. The number of ether oxygens (including phenoxy) is 1. The van der Waals surface area contributed by atoms with Crippen LogP contribution >= 0.6 is 0 Å². The van der Waals surface area contributed by atoms with Crippen LogP contribution in [0, 0.1) is 5.41 Å². The van der Waals surface area contributed by atoms with Crippen LogP contribution in [0.1, 0.15) is 30.4 Å². The largest absolute Gasteiger partial charge is 0.493 e. The van der Waals surface area contributed by atoms with Gasteiger partial charge in [-0.15, -0.1) is 0 Å². The van der Waals surface area contributed by atoms with Gasteiger partial charge in [-0.25, -0.2) is 0 Å². The maximum absolute atomic E-state index is 5.80. The highest BCUT2D eigenvalue weighted by Crippen LogP contribution is 2.48. The van der Waals surface area contributed by atoms with Crippen molar-refractivity contribution in [1.29, 1.82) is 0 Å². The Bertz CT molecular complexity index is 396. The van der Waals surface area contributed by atoms with E-state index in [-0.39, 0.29) is 0 Å². The van der Waals surface area contributed by atoms with Crippen molar-refractivity contribution in [3.8, 4) is 5.75 Å². The van der Waals surface area contributed by atoms with E-state index in [4.69, 9.17) is 10.5 Å². The second-order valence-corrected chi connectivity index (χ2v) is 5.24. The molecule has 0 atom stereocenters. The second-order valence-electron chi connectivity index (χ2n) is 5.24. The van der Waals surface area contributed by atoms with Crippen LogP contribution in [-0.4, -0.2) is 13.2 Å². The summed E-state index contributed by atoms with van der Waals surface area (Å²) in [5.41, 5.74) is 9.13.